The van der Waals surface area contributed by atoms with Crippen LogP contribution in [-0.2, 0) is 4.74 Å². The van der Waals surface area contributed by atoms with Crippen molar-refractivity contribution in [2.45, 2.75) is 19.4 Å². The number of imidazole rings is 1. The molecule has 2 heterocycles. The van der Waals surface area contributed by atoms with Crippen LogP contribution < -0.4 is 5.73 Å². The molecule has 2 aromatic rings. The molecule has 0 saturated heterocycles. The Balaban J connectivity index is 2.55. The van der Waals surface area contributed by atoms with Crippen LogP contribution in [0.3, 0.4) is 0 Å². The van der Waals surface area contributed by atoms with E-state index in [9.17, 15) is 0 Å². The quantitative estimate of drug-likeness (QED) is 0.909. The summed E-state index contributed by atoms with van der Waals surface area (Å²) < 4.78 is 7.09. The van der Waals surface area contributed by atoms with Gasteiger partial charge in [0.1, 0.15) is 5.52 Å². The summed E-state index contributed by atoms with van der Waals surface area (Å²) >= 11 is 5.88. The van der Waals surface area contributed by atoms with Gasteiger partial charge in [-0.05, 0) is 12.5 Å². The van der Waals surface area contributed by atoms with Crippen molar-refractivity contribution in [2.24, 2.45) is 0 Å². The molecule has 0 aliphatic rings. The number of fused-ring (bicyclic) bond motifs is 1. The molecule has 2 rings (SSSR count). The van der Waals surface area contributed by atoms with Crippen LogP contribution in [0.2, 0.25) is 5.02 Å². The third-order valence-corrected chi connectivity index (χ3v) is 2.93. The molecule has 0 aromatic carbocycles. The zero-order valence-electron chi connectivity index (χ0n) is 9.85. The summed E-state index contributed by atoms with van der Waals surface area (Å²) in [5, 5.41) is 0.557. The van der Waals surface area contributed by atoms with Gasteiger partial charge < -0.3 is 10.5 Å². The van der Waals surface area contributed by atoms with Gasteiger partial charge in [0.05, 0.1) is 17.7 Å². The molecule has 17 heavy (non-hydrogen) atoms. The number of hydrogen-bond acceptors (Lipinski definition) is 4. The number of nitrogen functional groups attached to an aromatic ring is 1. The number of nitrogens with zero attached hydrogens (tertiary/aromatic N) is 3. The van der Waals surface area contributed by atoms with Crippen molar-refractivity contribution in [1.82, 2.24) is 14.5 Å². The van der Waals surface area contributed by atoms with E-state index in [1.807, 2.05) is 4.57 Å². The predicted octanol–water partition coefficient (Wildman–Crippen LogP) is 2.26. The molecule has 1 unspecified atom stereocenters. The van der Waals surface area contributed by atoms with Gasteiger partial charge in [-0.3, -0.25) is 4.57 Å². The average Bonchev–Trinajstić information content (AvgIpc) is 2.61. The molecule has 92 valence electrons. The lowest BCUT2D eigenvalue weighted by molar-refractivity contribution is 0.155. The lowest BCUT2D eigenvalue weighted by atomic mass is 10.2. The van der Waals surface area contributed by atoms with Gasteiger partial charge in [0, 0.05) is 13.3 Å². The summed E-state index contributed by atoms with van der Waals surface area (Å²) in [5.74, 6) is 0.443. The van der Waals surface area contributed by atoms with Crippen molar-refractivity contribution < 1.29 is 4.74 Å². The third kappa shape index (κ3) is 2.21. The third-order valence-electron chi connectivity index (χ3n) is 2.72. The summed E-state index contributed by atoms with van der Waals surface area (Å²) in [7, 11) is 1.67. The number of anilines is 1. The van der Waals surface area contributed by atoms with E-state index in [1.165, 1.54) is 0 Å². The Bertz CT molecular complexity index is 525. The van der Waals surface area contributed by atoms with E-state index in [0.29, 0.717) is 23.1 Å². The number of aromatic nitrogens is 3. The molecule has 2 aromatic heterocycles. The molecular formula is C11H15ClN4O. The number of methoxy groups -OCH3 is 1. The second-order valence-corrected chi connectivity index (χ2v) is 4.29. The highest BCUT2D eigenvalue weighted by molar-refractivity contribution is 6.31. The highest BCUT2D eigenvalue weighted by atomic mass is 35.5. The Morgan fingerprint density at radius 2 is 2.35 bits per heavy atom. The van der Waals surface area contributed by atoms with E-state index < -0.39 is 0 Å². The number of pyridine rings is 1. The molecular weight excluding hydrogens is 240 g/mol. The standard InChI is InChI=1S/C11H15ClN4O/c1-3-8(6-17-2)16-10-9(15-11(16)13)4-7(12)5-14-10/h4-5,8H,3,6H2,1-2H3,(H2,13,15). The first-order valence-electron chi connectivity index (χ1n) is 5.45. The van der Waals surface area contributed by atoms with E-state index in [2.05, 4.69) is 16.9 Å². The molecule has 0 amide bonds. The van der Waals surface area contributed by atoms with Gasteiger partial charge in [-0.1, -0.05) is 18.5 Å². The smallest absolute Gasteiger partial charge is 0.202 e. The van der Waals surface area contributed by atoms with Crippen LogP contribution in [0.5, 0.6) is 0 Å². The second-order valence-electron chi connectivity index (χ2n) is 3.85. The topological polar surface area (TPSA) is 66.0 Å². The molecule has 0 aliphatic heterocycles. The van der Waals surface area contributed by atoms with Gasteiger partial charge in [-0.2, -0.15) is 0 Å². The van der Waals surface area contributed by atoms with E-state index >= 15 is 0 Å². The molecule has 0 saturated carbocycles. The van der Waals surface area contributed by atoms with Gasteiger partial charge in [-0.25, -0.2) is 9.97 Å². The molecule has 0 bridgehead atoms. The monoisotopic (exact) mass is 254 g/mol. The number of ether oxygens (including phenoxy) is 1. The van der Waals surface area contributed by atoms with Gasteiger partial charge in [0.25, 0.3) is 0 Å². The number of halogens is 1. The van der Waals surface area contributed by atoms with Crippen LogP contribution in [0.25, 0.3) is 11.2 Å². The fourth-order valence-corrected chi connectivity index (χ4v) is 2.05. The van der Waals surface area contributed by atoms with E-state index in [0.717, 1.165) is 12.1 Å². The maximum atomic E-state index is 5.92. The Morgan fingerprint density at radius 3 is 3.00 bits per heavy atom. The highest BCUT2D eigenvalue weighted by Gasteiger charge is 2.17. The van der Waals surface area contributed by atoms with Crippen molar-refractivity contribution in [3.63, 3.8) is 0 Å². The molecule has 0 spiro atoms. The van der Waals surface area contributed by atoms with E-state index in [-0.39, 0.29) is 6.04 Å². The summed E-state index contributed by atoms with van der Waals surface area (Å²) in [4.78, 5) is 8.55. The van der Waals surface area contributed by atoms with E-state index in [1.54, 1.807) is 19.4 Å². The summed E-state index contributed by atoms with van der Waals surface area (Å²) in [6.07, 6.45) is 2.49. The fourth-order valence-electron chi connectivity index (χ4n) is 1.90. The van der Waals surface area contributed by atoms with Crippen LogP contribution in [0.4, 0.5) is 5.95 Å². The van der Waals surface area contributed by atoms with E-state index in [4.69, 9.17) is 22.1 Å². The predicted molar refractivity (Wildman–Crippen MR) is 68.2 cm³/mol. The number of hydrogen-bond donors (Lipinski definition) is 1. The van der Waals surface area contributed by atoms with Crippen LogP contribution in [0, 0.1) is 0 Å². The first kappa shape index (κ1) is 12.1. The second kappa shape index (κ2) is 4.89. The van der Waals surface area contributed by atoms with Gasteiger partial charge in [0.15, 0.2) is 5.65 Å². The van der Waals surface area contributed by atoms with Crippen LogP contribution >= 0.6 is 11.6 Å². The first-order valence-corrected chi connectivity index (χ1v) is 5.83. The van der Waals surface area contributed by atoms with Crippen molar-refractivity contribution >= 4 is 28.7 Å². The molecule has 5 nitrogen and oxygen atoms in total. The normalized spacial score (nSPS) is 13.1. The molecule has 0 radical (unpaired) electrons. The van der Waals surface area contributed by atoms with Gasteiger partial charge >= 0.3 is 0 Å². The minimum absolute atomic E-state index is 0.138. The van der Waals surface area contributed by atoms with Crippen molar-refractivity contribution in [2.75, 3.05) is 19.5 Å². The zero-order chi connectivity index (χ0) is 12.4. The highest BCUT2D eigenvalue weighted by Crippen LogP contribution is 2.25. The summed E-state index contributed by atoms with van der Waals surface area (Å²) in [6.45, 7) is 2.65. The Labute approximate surface area is 105 Å². The van der Waals surface area contributed by atoms with Crippen molar-refractivity contribution in [1.29, 1.82) is 0 Å². The molecule has 6 heteroatoms. The van der Waals surface area contributed by atoms with Crippen molar-refractivity contribution in [3.8, 4) is 0 Å². The molecule has 0 aliphatic carbocycles. The lowest BCUT2D eigenvalue weighted by Gasteiger charge is -2.17. The zero-order valence-corrected chi connectivity index (χ0v) is 10.6. The van der Waals surface area contributed by atoms with Gasteiger partial charge in [-0.15, -0.1) is 0 Å². The fraction of sp³-hybridized carbons (Fsp3) is 0.455. The Morgan fingerprint density at radius 1 is 1.59 bits per heavy atom. The van der Waals surface area contributed by atoms with Gasteiger partial charge in [0.2, 0.25) is 5.95 Å². The minimum atomic E-state index is 0.138. The molecule has 1 atom stereocenters. The van der Waals surface area contributed by atoms with Crippen LogP contribution in [0.1, 0.15) is 19.4 Å². The Hall–Kier alpha value is -1.33. The Kier molecular flexibility index (Phi) is 3.49. The molecule has 2 N–H and O–H groups in total. The summed E-state index contributed by atoms with van der Waals surface area (Å²) in [5.41, 5.74) is 7.38. The number of nitrogens with two attached hydrogens (primary N) is 1. The number of rotatable bonds is 4. The first-order chi connectivity index (χ1) is 8.17. The SMILES string of the molecule is CCC(COC)n1c(N)nc2cc(Cl)cnc21. The average molecular weight is 255 g/mol. The maximum Gasteiger partial charge on any atom is 0.202 e. The largest absolute Gasteiger partial charge is 0.383 e. The molecule has 0 fully saturated rings. The minimum Gasteiger partial charge on any atom is -0.383 e. The van der Waals surface area contributed by atoms with Crippen LogP contribution in [0.15, 0.2) is 12.3 Å². The maximum absolute atomic E-state index is 5.92. The summed E-state index contributed by atoms with van der Waals surface area (Å²) in [6, 6.07) is 1.90. The van der Waals surface area contributed by atoms with Crippen LogP contribution in [-0.4, -0.2) is 28.3 Å². The van der Waals surface area contributed by atoms with Crippen molar-refractivity contribution in [3.05, 3.63) is 17.3 Å². The lowest BCUT2D eigenvalue weighted by Crippen LogP contribution is -2.16.